The molecule has 0 aromatic carbocycles. The maximum absolute atomic E-state index is 11.0. The quantitative estimate of drug-likeness (QED) is 0.376. The van der Waals surface area contributed by atoms with Crippen molar-refractivity contribution < 1.29 is 9.59 Å². The van der Waals surface area contributed by atoms with E-state index in [0.29, 0.717) is 6.42 Å². The molecule has 0 aromatic heterocycles. The van der Waals surface area contributed by atoms with Gasteiger partial charge in [-0.1, -0.05) is 13.3 Å². The van der Waals surface area contributed by atoms with Crippen LogP contribution < -0.4 is 0 Å². The van der Waals surface area contributed by atoms with Crippen molar-refractivity contribution in [2.45, 2.75) is 32.6 Å². The fraction of sp³-hybridized carbons (Fsp3) is 0.750. The number of ketones is 2. The molecule has 2 nitrogen and oxygen atoms in total. The molecule has 0 amide bonds. The highest BCUT2D eigenvalue weighted by Gasteiger charge is 2.23. The molecule has 1 fully saturated rings. The van der Waals surface area contributed by atoms with Gasteiger partial charge in [0, 0.05) is 12.3 Å². The predicted octanol–water partition coefficient (Wildman–Crippen LogP) is 1.33. The van der Waals surface area contributed by atoms with E-state index >= 15 is 0 Å². The van der Waals surface area contributed by atoms with Crippen molar-refractivity contribution in [1.29, 1.82) is 0 Å². The van der Waals surface area contributed by atoms with Crippen LogP contribution in [0.3, 0.4) is 0 Å². The summed E-state index contributed by atoms with van der Waals surface area (Å²) in [5.74, 6) is -0.336. The summed E-state index contributed by atoms with van der Waals surface area (Å²) in [6.45, 7) is 1.84. The zero-order valence-corrected chi connectivity index (χ0v) is 6.22. The molecule has 1 aliphatic carbocycles. The van der Waals surface area contributed by atoms with E-state index < -0.39 is 0 Å². The van der Waals surface area contributed by atoms with Gasteiger partial charge in [0.15, 0.2) is 5.78 Å². The van der Waals surface area contributed by atoms with Gasteiger partial charge in [-0.2, -0.15) is 0 Å². The molecule has 1 saturated carbocycles. The van der Waals surface area contributed by atoms with E-state index in [-0.39, 0.29) is 17.5 Å². The third-order valence-electron chi connectivity index (χ3n) is 2.01. The van der Waals surface area contributed by atoms with E-state index in [1.54, 1.807) is 0 Å². The lowest BCUT2D eigenvalue weighted by molar-refractivity contribution is -0.138. The smallest absolute Gasteiger partial charge is 0.201 e. The predicted molar refractivity (Wildman–Crippen MR) is 37.6 cm³/mol. The van der Waals surface area contributed by atoms with Gasteiger partial charge in [0.05, 0.1) is 0 Å². The van der Waals surface area contributed by atoms with Gasteiger partial charge in [0.2, 0.25) is 5.78 Å². The molecular formula is C8H12O2. The molecule has 0 saturated heterocycles. The molecule has 0 aliphatic heterocycles. The summed E-state index contributed by atoms with van der Waals surface area (Å²) < 4.78 is 0. The SMILES string of the molecule is CC1CCCCC(=O)C1=O. The number of carbonyl (C=O) groups excluding carboxylic acids is 2. The monoisotopic (exact) mass is 140 g/mol. The van der Waals surface area contributed by atoms with Crippen molar-refractivity contribution in [1.82, 2.24) is 0 Å². The minimum Gasteiger partial charge on any atom is -0.291 e. The summed E-state index contributed by atoms with van der Waals surface area (Å²) in [6.07, 6.45) is 3.29. The van der Waals surface area contributed by atoms with Crippen molar-refractivity contribution in [2.24, 2.45) is 5.92 Å². The average molecular weight is 140 g/mol. The van der Waals surface area contributed by atoms with E-state index in [0.717, 1.165) is 19.3 Å². The second-order valence-electron chi connectivity index (χ2n) is 2.93. The highest BCUT2D eigenvalue weighted by atomic mass is 16.2. The Morgan fingerprint density at radius 3 is 2.70 bits per heavy atom. The molecule has 0 heterocycles. The van der Waals surface area contributed by atoms with Gasteiger partial charge in [-0.05, 0) is 12.8 Å². The van der Waals surface area contributed by atoms with Crippen molar-refractivity contribution in [2.75, 3.05) is 0 Å². The van der Waals surface area contributed by atoms with Crippen LogP contribution in [0.2, 0.25) is 0 Å². The molecule has 0 aromatic rings. The van der Waals surface area contributed by atoms with Crippen molar-refractivity contribution in [3.8, 4) is 0 Å². The van der Waals surface area contributed by atoms with Gasteiger partial charge in [-0.15, -0.1) is 0 Å². The first-order chi connectivity index (χ1) is 4.72. The van der Waals surface area contributed by atoms with Gasteiger partial charge >= 0.3 is 0 Å². The van der Waals surface area contributed by atoms with E-state index in [4.69, 9.17) is 0 Å². The Balaban J connectivity index is 2.64. The lowest BCUT2D eigenvalue weighted by atomic mass is 10.0. The molecule has 56 valence electrons. The third kappa shape index (κ3) is 1.43. The molecule has 10 heavy (non-hydrogen) atoms. The van der Waals surface area contributed by atoms with Gasteiger partial charge in [-0.3, -0.25) is 9.59 Å². The topological polar surface area (TPSA) is 34.1 Å². The van der Waals surface area contributed by atoms with Gasteiger partial charge < -0.3 is 0 Å². The summed E-state index contributed by atoms with van der Waals surface area (Å²) in [5, 5.41) is 0. The van der Waals surface area contributed by atoms with Crippen LogP contribution in [0.1, 0.15) is 32.6 Å². The summed E-state index contributed by atoms with van der Waals surface area (Å²) >= 11 is 0. The third-order valence-corrected chi connectivity index (χ3v) is 2.01. The molecule has 0 bridgehead atoms. The van der Waals surface area contributed by atoms with Gasteiger partial charge in [0.1, 0.15) is 0 Å². The van der Waals surface area contributed by atoms with Crippen LogP contribution in [0.4, 0.5) is 0 Å². The van der Waals surface area contributed by atoms with Crippen LogP contribution in [-0.2, 0) is 9.59 Å². The van der Waals surface area contributed by atoms with Crippen LogP contribution in [0.15, 0.2) is 0 Å². The van der Waals surface area contributed by atoms with Crippen molar-refractivity contribution in [3.05, 3.63) is 0 Å². The molecule has 0 radical (unpaired) electrons. The van der Waals surface area contributed by atoms with Gasteiger partial charge in [-0.25, -0.2) is 0 Å². The Hall–Kier alpha value is -0.660. The first-order valence-electron chi connectivity index (χ1n) is 3.79. The van der Waals surface area contributed by atoms with Crippen molar-refractivity contribution in [3.63, 3.8) is 0 Å². The second-order valence-corrected chi connectivity index (χ2v) is 2.93. The number of hydrogen-bond donors (Lipinski definition) is 0. The first-order valence-corrected chi connectivity index (χ1v) is 3.79. The summed E-state index contributed by atoms with van der Waals surface area (Å²) in [6, 6.07) is 0. The Labute approximate surface area is 60.6 Å². The van der Waals surface area contributed by atoms with Crippen LogP contribution >= 0.6 is 0 Å². The molecule has 1 aliphatic rings. The molecular weight excluding hydrogens is 128 g/mol. The lowest BCUT2D eigenvalue weighted by Crippen LogP contribution is -2.18. The van der Waals surface area contributed by atoms with E-state index in [2.05, 4.69) is 0 Å². The minimum absolute atomic E-state index is 0.0185. The maximum atomic E-state index is 11.0. The van der Waals surface area contributed by atoms with Crippen LogP contribution in [0.25, 0.3) is 0 Å². The van der Waals surface area contributed by atoms with Gasteiger partial charge in [0.25, 0.3) is 0 Å². The minimum atomic E-state index is -0.162. The molecule has 0 spiro atoms. The number of carbonyl (C=O) groups is 2. The molecule has 2 heteroatoms. The van der Waals surface area contributed by atoms with Crippen molar-refractivity contribution >= 4 is 11.6 Å². The van der Waals surface area contributed by atoms with Crippen LogP contribution in [0, 0.1) is 5.92 Å². The molecule has 1 atom stereocenters. The zero-order chi connectivity index (χ0) is 7.56. The van der Waals surface area contributed by atoms with Crippen LogP contribution in [0.5, 0.6) is 0 Å². The summed E-state index contributed by atoms with van der Waals surface area (Å²) in [5.41, 5.74) is 0. The summed E-state index contributed by atoms with van der Waals surface area (Å²) in [7, 11) is 0. The Kier molecular flexibility index (Phi) is 2.20. The normalized spacial score (nSPS) is 28.3. The number of rotatable bonds is 0. The van der Waals surface area contributed by atoms with E-state index in [9.17, 15) is 9.59 Å². The fourth-order valence-electron chi connectivity index (χ4n) is 1.27. The Morgan fingerprint density at radius 2 is 2.00 bits per heavy atom. The number of Topliss-reactive ketones (excluding diaryl/α,β-unsaturated/α-hetero) is 2. The number of hydrogen-bond acceptors (Lipinski definition) is 2. The fourth-order valence-corrected chi connectivity index (χ4v) is 1.27. The van der Waals surface area contributed by atoms with Crippen LogP contribution in [-0.4, -0.2) is 11.6 Å². The lowest BCUT2D eigenvalue weighted by Gasteiger charge is -2.01. The highest BCUT2D eigenvalue weighted by Crippen LogP contribution is 2.16. The Bertz CT molecular complexity index is 161. The molecule has 0 N–H and O–H groups in total. The van der Waals surface area contributed by atoms with E-state index in [1.807, 2.05) is 6.92 Å². The average Bonchev–Trinajstić information content (AvgIpc) is 2.04. The second kappa shape index (κ2) is 2.95. The highest BCUT2D eigenvalue weighted by molar-refractivity contribution is 6.37. The first kappa shape index (κ1) is 7.45. The summed E-state index contributed by atoms with van der Waals surface area (Å²) in [4.78, 5) is 21.9. The Morgan fingerprint density at radius 1 is 1.30 bits per heavy atom. The zero-order valence-electron chi connectivity index (χ0n) is 6.22. The maximum Gasteiger partial charge on any atom is 0.201 e. The van der Waals surface area contributed by atoms with E-state index in [1.165, 1.54) is 0 Å². The molecule has 1 unspecified atom stereocenters. The largest absolute Gasteiger partial charge is 0.291 e. The standard InChI is InChI=1S/C8H12O2/c1-6-4-2-3-5-7(9)8(6)10/h6H,2-5H2,1H3. The molecule has 1 rings (SSSR count).